The van der Waals surface area contributed by atoms with Crippen molar-refractivity contribution in [2.45, 2.75) is 0 Å². The maximum Gasteiger partial charge on any atom is 0.356 e. The van der Waals surface area contributed by atoms with Crippen molar-refractivity contribution in [1.82, 2.24) is 61.2 Å². The van der Waals surface area contributed by atoms with Gasteiger partial charge in [-0.05, 0) is 69.4 Å². The molecule has 55 heavy (non-hydrogen) atoms. The number of nitrogens with one attached hydrogen (secondary N) is 2. The normalized spacial score (nSPS) is 10.7. The predicted octanol–water partition coefficient (Wildman–Crippen LogP) is 8.16. The van der Waals surface area contributed by atoms with Crippen molar-refractivity contribution >= 4 is 52.4 Å². The molecule has 3 N–H and O–H groups in total. The summed E-state index contributed by atoms with van der Waals surface area (Å²) in [6.45, 7) is 0. The highest BCUT2D eigenvalue weighted by Gasteiger charge is 2.24. The smallest absolute Gasteiger partial charge is 0.356 e. The number of nitrogens with zero attached hydrogens (tertiary/aromatic N) is 11. The van der Waals surface area contributed by atoms with Gasteiger partial charge in [0.2, 0.25) is 11.6 Å². The lowest BCUT2D eigenvalue weighted by Gasteiger charge is -2.12. The molecule has 0 radical (unpaired) electrons. The lowest BCUT2D eigenvalue weighted by atomic mass is 10.0. The van der Waals surface area contributed by atoms with Crippen LogP contribution in [-0.2, 0) is 0 Å². The van der Waals surface area contributed by atoms with Crippen molar-refractivity contribution in [3.05, 3.63) is 129 Å². The fourth-order valence-electron chi connectivity index (χ4n) is 5.18. The summed E-state index contributed by atoms with van der Waals surface area (Å²) in [6.07, 6.45) is 0. The molecule has 0 aliphatic carbocycles. The molecule has 19 heteroatoms. The Morgan fingerprint density at radius 2 is 0.855 bits per heavy atom. The van der Waals surface area contributed by atoms with Crippen LogP contribution >= 0.6 is 46.4 Å². The van der Waals surface area contributed by atoms with Gasteiger partial charge in [-0.3, -0.25) is 0 Å². The van der Waals surface area contributed by atoms with E-state index in [9.17, 15) is 15.2 Å². The van der Waals surface area contributed by atoms with Crippen LogP contribution < -0.4 is 0 Å². The Kier molecular flexibility index (Phi) is 10.7. The molecule has 0 atom stereocenters. The number of carboxylic acid groups (broad SMARTS) is 1. The first kappa shape index (κ1) is 36.6. The summed E-state index contributed by atoms with van der Waals surface area (Å²) in [7, 11) is 0. The molecular formula is C36H19Cl4N13O2. The minimum Gasteiger partial charge on any atom is -0.476 e. The van der Waals surface area contributed by atoms with Crippen LogP contribution in [0.1, 0.15) is 16.2 Å². The number of aromatic amines is 2. The van der Waals surface area contributed by atoms with E-state index in [2.05, 4.69) is 67.3 Å². The number of tetrazole rings is 2. The van der Waals surface area contributed by atoms with Crippen molar-refractivity contribution in [2.24, 2.45) is 0 Å². The van der Waals surface area contributed by atoms with Gasteiger partial charge in [-0.1, -0.05) is 94.9 Å². The molecule has 0 saturated carbocycles. The van der Waals surface area contributed by atoms with Crippen LogP contribution in [0, 0.1) is 11.3 Å². The number of benzene rings is 4. The van der Waals surface area contributed by atoms with Crippen molar-refractivity contribution in [2.75, 3.05) is 0 Å². The third kappa shape index (κ3) is 8.12. The Hall–Kier alpha value is -6.70. The molecule has 0 spiro atoms. The highest BCUT2D eigenvalue weighted by Crippen LogP contribution is 2.35. The highest BCUT2D eigenvalue weighted by atomic mass is 35.5. The van der Waals surface area contributed by atoms with E-state index in [0.29, 0.717) is 54.0 Å². The SMILES string of the molecule is N#Cc1nc(-c2ccc(Cl)cc2)c(-c2ccc(Cl)cc2)nc1-c1nnn[nH]1.O=C(O)c1nc(-c2ccc(Cl)cc2)c(-c2ccc(Cl)cc2)nc1-c1nnn[nH]1. The van der Waals surface area contributed by atoms with Gasteiger partial charge in [-0.25, -0.2) is 34.9 Å². The van der Waals surface area contributed by atoms with Crippen molar-refractivity contribution in [1.29, 1.82) is 5.26 Å². The minimum absolute atomic E-state index is 0.0279. The molecular weight excluding hydrogens is 788 g/mol. The number of hydrogen-bond donors (Lipinski definition) is 3. The van der Waals surface area contributed by atoms with Crippen LogP contribution in [0.5, 0.6) is 0 Å². The second-order valence-corrected chi connectivity index (χ2v) is 12.9. The molecule has 0 saturated heterocycles. The third-order valence-corrected chi connectivity index (χ3v) is 8.72. The highest BCUT2D eigenvalue weighted by molar-refractivity contribution is 6.31. The van der Waals surface area contributed by atoms with Crippen LogP contribution in [0.25, 0.3) is 68.1 Å². The average molecular weight is 807 g/mol. The van der Waals surface area contributed by atoms with Crippen LogP contribution in [-0.4, -0.2) is 72.3 Å². The lowest BCUT2D eigenvalue weighted by Crippen LogP contribution is -2.09. The number of aromatic carboxylic acids is 1. The number of rotatable bonds is 7. The van der Waals surface area contributed by atoms with Gasteiger partial charge < -0.3 is 5.11 Å². The summed E-state index contributed by atoms with van der Waals surface area (Å²) in [5.74, 6) is -0.892. The first-order valence-corrected chi connectivity index (χ1v) is 17.2. The van der Waals surface area contributed by atoms with E-state index in [-0.39, 0.29) is 34.4 Å². The largest absolute Gasteiger partial charge is 0.476 e. The Morgan fingerprint density at radius 1 is 0.509 bits per heavy atom. The zero-order chi connectivity index (χ0) is 38.5. The van der Waals surface area contributed by atoms with E-state index >= 15 is 0 Å². The standard InChI is InChI=1S/C18H9Cl2N7.C18H10Cl2N6O2/c19-12-5-1-10(2-6-12)15-16(11-3-7-13(20)8-4-11)23-17(14(9-21)22-15)18-24-26-27-25-18;19-11-5-1-9(2-6-11)13-14(10-3-7-12(20)8-4-10)22-16(18(27)28)15(21-13)17-23-25-26-24-17/h1-8H,(H,24,25,26,27);1-8H,(H,27,28)(H,23,24,25,26). The molecule has 0 aliphatic rings. The molecule has 8 aromatic rings. The lowest BCUT2D eigenvalue weighted by molar-refractivity contribution is 0.0691. The zero-order valence-electron chi connectivity index (χ0n) is 27.5. The molecule has 4 aromatic carbocycles. The molecule has 268 valence electrons. The van der Waals surface area contributed by atoms with Gasteiger partial charge in [0.15, 0.2) is 11.4 Å². The maximum absolute atomic E-state index is 11.8. The van der Waals surface area contributed by atoms with E-state index in [4.69, 9.17) is 46.4 Å². The zero-order valence-corrected chi connectivity index (χ0v) is 30.5. The van der Waals surface area contributed by atoms with E-state index in [1.54, 1.807) is 72.8 Å². The van der Waals surface area contributed by atoms with Gasteiger partial charge in [0, 0.05) is 42.3 Å². The Balaban J connectivity index is 0.000000169. The molecule has 8 rings (SSSR count). The van der Waals surface area contributed by atoms with E-state index in [0.717, 1.165) is 11.1 Å². The second kappa shape index (κ2) is 16.1. The first-order valence-electron chi connectivity index (χ1n) is 15.7. The van der Waals surface area contributed by atoms with Gasteiger partial charge in [-0.15, -0.1) is 10.2 Å². The van der Waals surface area contributed by atoms with Gasteiger partial charge in [0.25, 0.3) is 0 Å². The minimum atomic E-state index is -1.25. The number of halogens is 4. The molecule has 4 heterocycles. The average Bonchev–Trinajstić information content (AvgIpc) is 3.95. The molecule has 15 nitrogen and oxygen atoms in total. The van der Waals surface area contributed by atoms with Gasteiger partial charge in [0.1, 0.15) is 17.5 Å². The Labute approximate surface area is 330 Å². The molecule has 0 bridgehead atoms. The van der Waals surface area contributed by atoms with Crippen molar-refractivity contribution in [3.63, 3.8) is 0 Å². The molecule has 0 unspecified atom stereocenters. The Morgan fingerprint density at radius 3 is 1.20 bits per heavy atom. The van der Waals surface area contributed by atoms with Crippen LogP contribution in [0.2, 0.25) is 20.1 Å². The molecule has 4 aromatic heterocycles. The summed E-state index contributed by atoms with van der Waals surface area (Å²) >= 11 is 24.0. The van der Waals surface area contributed by atoms with Gasteiger partial charge in [0.05, 0.1) is 22.8 Å². The van der Waals surface area contributed by atoms with Crippen LogP contribution in [0.15, 0.2) is 97.1 Å². The van der Waals surface area contributed by atoms with Crippen LogP contribution in [0.4, 0.5) is 0 Å². The molecule has 0 aliphatic heterocycles. The molecule has 0 amide bonds. The summed E-state index contributed by atoms with van der Waals surface area (Å²) < 4.78 is 0. The van der Waals surface area contributed by atoms with Crippen molar-refractivity contribution in [3.8, 4) is 74.1 Å². The third-order valence-electron chi connectivity index (χ3n) is 7.71. The monoisotopic (exact) mass is 805 g/mol. The van der Waals surface area contributed by atoms with E-state index in [1.165, 1.54) is 0 Å². The van der Waals surface area contributed by atoms with Gasteiger partial charge >= 0.3 is 5.97 Å². The van der Waals surface area contributed by atoms with E-state index < -0.39 is 5.97 Å². The quantitative estimate of drug-likeness (QED) is 0.138. The predicted molar refractivity (Wildman–Crippen MR) is 204 cm³/mol. The van der Waals surface area contributed by atoms with Crippen molar-refractivity contribution < 1.29 is 9.90 Å². The second-order valence-electron chi connectivity index (χ2n) is 11.2. The maximum atomic E-state index is 11.8. The number of carbonyl (C=O) groups is 1. The number of nitriles is 1. The Bertz CT molecular complexity index is 2650. The number of hydrogen-bond acceptors (Lipinski definition) is 12. The summed E-state index contributed by atoms with van der Waals surface area (Å²) in [6, 6.07) is 30.2. The first-order chi connectivity index (χ1) is 26.7. The summed E-state index contributed by atoms with van der Waals surface area (Å²) in [4.78, 5) is 29.9. The van der Waals surface area contributed by atoms with E-state index in [1.807, 2.05) is 24.3 Å². The topological polar surface area (TPSA) is 222 Å². The number of H-pyrrole nitrogens is 2. The fourth-order valence-corrected chi connectivity index (χ4v) is 5.69. The van der Waals surface area contributed by atoms with Crippen LogP contribution in [0.3, 0.4) is 0 Å². The fraction of sp³-hybridized carbons (Fsp3) is 0. The summed E-state index contributed by atoms with van der Waals surface area (Å²) in [5.41, 5.74) is 5.00. The molecule has 0 fully saturated rings. The number of carboxylic acids is 1. The number of aromatic nitrogens is 12. The summed E-state index contributed by atoms with van der Waals surface area (Å²) in [5, 5.41) is 48.4. The van der Waals surface area contributed by atoms with Gasteiger partial charge in [-0.2, -0.15) is 5.26 Å².